The van der Waals surface area contributed by atoms with E-state index in [1.807, 2.05) is 6.92 Å². The third-order valence-electron chi connectivity index (χ3n) is 4.60. The lowest BCUT2D eigenvalue weighted by molar-refractivity contribution is -0.177. The molecule has 0 unspecified atom stereocenters. The quantitative estimate of drug-likeness (QED) is 0.107. The Kier molecular flexibility index (Phi) is 13.3. The van der Waals surface area contributed by atoms with Crippen LogP contribution in [0.3, 0.4) is 0 Å². The number of halogens is 6. The van der Waals surface area contributed by atoms with Gasteiger partial charge in [0.1, 0.15) is 17.4 Å². The summed E-state index contributed by atoms with van der Waals surface area (Å²) in [4.78, 5) is 0. The van der Waals surface area contributed by atoms with Gasteiger partial charge in [0.15, 0.2) is 11.7 Å². The first-order valence-electron chi connectivity index (χ1n) is 10.9. The van der Waals surface area contributed by atoms with Crippen molar-refractivity contribution in [1.29, 1.82) is 0 Å². The molecule has 7 heteroatoms. The highest BCUT2D eigenvalue weighted by Crippen LogP contribution is 2.34. The van der Waals surface area contributed by atoms with Gasteiger partial charge in [-0.3, -0.25) is 0 Å². The molecule has 0 saturated carbocycles. The van der Waals surface area contributed by atoms with Gasteiger partial charge in [-0.05, 0) is 46.9 Å². The van der Waals surface area contributed by atoms with Crippen molar-refractivity contribution < 1.29 is 31.1 Å². The van der Waals surface area contributed by atoms with Crippen LogP contribution in [0.2, 0.25) is 0 Å². The van der Waals surface area contributed by atoms with E-state index in [9.17, 15) is 26.3 Å². The van der Waals surface area contributed by atoms with Gasteiger partial charge in [0, 0.05) is 11.6 Å². The van der Waals surface area contributed by atoms with Gasteiger partial charge in [-0.15, -0.1) is 0 Å². The lowest BCUT2D eigenvalue weighted by Gasteiger charge is -2.19. The average molecular weight is 545 g/mol. The third-order valence-corrected chi connectivity index (χ3v) is 4.60. The zero-order chi connectivity index (χ0) is 30.7. The lowest BCUT2D eigenvalue weighted by Crippen LogP contribution is -2.23. The van der Waals surface area contributed by atoms with Crippen molar-refractivity contribution in [3.63, 3.8) is 0 Å². The summed E-state index contributed by atoms with van der Waals surface area (Å²) in [6.45, 7) is 36.1. The van der Waals surface area contributed by atoms with Crippen molar-refractivity contribution in [3.8, 4) is 0 Å². The molecule has 0 heterocycles. The Hall–Kier alpha value is -4.52. The molecule has 0 N–H and O–H groups in total. The van der Waals surface area contributed by atoms with Gasteiger partial charge >= 0.3 is 6.11 Å². The summed E-state index contributed by atoms with van der Waals surface area (Å²) in [7, 11) is 0. The first kappa shape index (κ1) is 34.5. The SMILES string of the molecule is C=C(C)/C=C\C(=C)C(=C)/C=C\C(=C)C(=C)/C=C(/F)C(=C)C(=C)/C=C(/F)C(=C)C(F)(F)OC(=C)/C=C(/F)C(=C)F. The van der Waals surface area contributed by atoms with E-state index in [2.05, 4.69) is 70.5 Å². The maximum absolute atomic E-state index is 14.7. The monoisotopic (exact) mass is 544 g/mol. The van der Waals surface area contributed by atoms with E-state index in [0.29, 0.717) is 22.8 Å². The van der Waals surface area contributed by atoms with Crippen molar-refractivity contribution in [1.82, 2.24) is 0 Å². The first-order chi connectivity index (χ1) is 17.8. The molecule has 0 aromatic rings. The fraction of sp³-hybridized carbons (Fsp3) is 0.0625. The van der Waals surface area contributed by atoms with Gasteiger partial charge in [-0.1, -0.05) is 95.7 Å². The molecule has 0 atom stereocenters. The molecule has 0 aliphatic heterocycles. The molecule has 0 spiro atoms. The Balaban J connectivity index is 5.47. The number of hydrogen-bond donors (Lipinski definition) is 0. The van der Waals surface area contributed by atoms with Crippen molar-refractivity contribution in [2.75, 3.05) is 0 Å². The second-order valence-corrected chi connectivity index (χ2v) is 8.06. The van der Waals surface area contributed by atoms with Crippen LogP contribution in [-0.2, 0) is 4.74 Å². The predicted octanol–water partition coefficient (Wildman–Crippen LogP) is 10.7. The van der Waals surface area contributed by atoms with Gasteiger partial charge in [0.25, 0.3) is 0 Å². The van der Waals surface area contributed by atoms with Crippen LogP contribution in [0.4, 0.5) is 26.3 Å². The molecule has 39 heavy (non-hydrogen) atoms. The van der Waals surface area contributed by atoms with Crippen LogP contribution in [0.1, 0.15) is 6.92 Å². The average Bonchev–Trinajstić information content (AvgIpc) is 2.83. The maximum Gasteiger partial charge on any atom is 0.428 e. The van der Waals surface area contributed by atoms with Crippen LogP contribution < -0.4 is 0 Å². The molecule has 1 nitrogen and oxygen atoms in total. The smallest absolute Gasteiger partial charge is 0.428 e. The molecule has 0 aliphatic rings. The van der Waals surface area contributed by atoms with Crippen LogP contribution in [0, 0.1) is 0 Å². The number of ether oxygens (including phenoxy) is 1. The molecule has 0 saturated heterocycles. The van der Waals surface area contributed by atoms with Gasteiger partial charge < -0.3 is 4.74 Å². The van der Waals surface area contributed by atoms with Gasteiger partial charge in [0.05, 0.1) is 5.57 Å². The molecule has 0 aliphatic carbocycles. The molecule has 206 valence electrons. The van der Waals surface area contributed by atoms with Crippen LogP contribution in [0.15, 0.2) is 182 Å². The number of rotatable bonds is 16. The second kappa shape index (κ2) is 15.0. The van der Waals surface area contributed by atoms with Crippen molar-refractivity contribution in [2.45, 2.75) is 13.0 Å². The minimum absolute atomic E-state index is 0.122. The molecular formula is C32H30F6O. The Morgan fingerprint density at radius 3 is 1.46 bits per heavy atom. The van der Waals surface area contributed by atoms with E-state index in [-0.39, 0.29) is 11.6 Å². The van der Waals surface area contributed by atoms with Crippen LogP contribution in [0.5, 0.6) is 0 Å². The lowest BCUT2D eigenvalue weighted by atomic mass is 10.0. The topological polar surface area (TPSA) is 9.23 Å². The molecule has 0 rings (SSSR count). The van der Waals surface area contributed by atoms with E-state index in [1.165, 1.54) is 6.08 Å². The molecule has 0 bridgehead atoms. The minimum Gasteiger partial charge on any atom is -0.429 e. The van der Waals surface area contributed by atoms with Gasteiger partial charge in [-0.25, -0.2) is 17.6 Å². The first-order valence-corrected chi connectivity index (χ1v) is 10.9. The van der Waals surface area contributed by atoms with Crippen LogP contribution in [0.25, 0.3) is 0 Å². The summed E-state index contributed by atoms with van der Waals surface area (Å²) >= 11 is 0. The van der Waals surface area contributed by atoms with E-state index < -0.39 is 51.9 Å². The number of allylic oxidation sites excluding steroid dienone is 17. The summed E-state index contributed by atoms with van der Waals surface area (Å²) in [5.41, 5.74) is 0.0433. The number of alkyl halides is 2. The summed E-state index contributed by atoms with van der Waals surface area (Å²) in [5.74, 6) is -6.84. The Morgan fingerprint density at radius 2 is 1.00 bits per heavy atom. The zero-order valence-corrected chi connectivity index (χ0v) is 21.8. The molecule has 0 aromatic heterocycles. The fourth-order valence-corrected chi connectivity index (χ4v) is 2.19. The van der Waals surface area contributed by atoms with Crippen molar-refractivity contribution in [3.05, 3.63) is 182 Å². The third kappa shape index (κ3) is 12.0. The molecule has 0 amide bonds. The molecule has 0 fully saturated rings. The Bertz CT molecular complexity index is 1310. The second-order valence-electron chi connectivity index (χ2n) is 8.06. The van der Waals surface area contributed by atoms with E-state index >= 15 is 0 Å². The van der Waals surface area contributed by atoms with Gasteiger partial charge in [-0.2, -0.15) is 8.78 Å². The summed E-state index contributed by atoms with van der Waals surface area (Å²) in [5, 5.41) is 0. The Morgan fingerprint density at radius 1 is 0.564 bits per heavy atom. The molecule has 0 radical (unpaired) electrons. The summed E-state index contributed by atoms with van der Waals surface area (Å²) < 4.78 is 87.4. The predicted molar refractivity (Wildman–Crippen MR) is 150 cm³/mol. The minimum atomic E-state index is -4.42. The van der Waals surface area contributed by atoms with Crippen molar-refractivity contribution >= 4 is 0 Å². The van der Waals surface area contributed by atoms with Crippen LogP contribution >= 0.6 is 0 Å². The van der Waals surface area contributed by atoms with E-state index in [4.69, 9.17) is 0 Å². The number of hydrogen-bond acceptors (Lipinski definition) is 1. The van der Waals surface area contributed by atoms with E-state index in [0.717, 1.165) is 11.6 Å². The normalized spacial score (nSPS) is 12.7. The largest absolute Gasteiger partial charge is 0.429 e. The van der Waals surface area contributed by atoms with Crippen LogP contribution in [-0.4, -0.2) is 6.11 Å². The summed E-state index contributed by atoms with van der Waals surface area (Å²) in [6.07, 6.45) is 3.76. The highest BCUT2D eigenvalue weighted by Gasteiger charge is 2.38. The zero-order valence-electron chi connectivity index (χ0n) is 21.8. The molecular weight excluding hydrogens is 514 g/mol. The maximum atomic E-state index is 14.7. The standard InChI is InChI=1S/C32H30F6O/c1-19(2)12-13-20(3)21(4)14-15-22(5)23(6)16-29(34)26(9)24(7)17-30(35)27(10)32(37,38)39-25(8)18-31(36)28(11)33/h12-18H,1,3-11H2,2H3/b13-12-,15-14-,29-16+,30-17+,31-18+. The molecule has 0 aromatic carbocycles. The Labute approximate surface area is 226 Å². The van der Waals surface area contributed by atoms with Crippen molar-refractivity contribution in [2.24, 2.45) is 0 Å². The van der Waals surface area contributed by atoms with Gasteiger partial charge in [0.2, 0.25) is 0 Å². The highest BCUT2D eigenvalue weighted by molar-refractivity contribution is 5.54. The fourth-order valence-electron chi connectivity index (χ4n) is 2.19. The van der Waals surface area contributed by atoms with E-state index in [1.54, 1.807) is 18.2 Å². The summed E-state index contributed by atoms with van der Waals surface area (Å²) in [6, 6.07) is 0. The highest BCUT2D eigenvalue weighted by atomic mass is 19.3.